The fourth-order valence-electron chi connectivity index (χ4n) is 1.78. The highest BCUT2D eigenvalue weighted by Crippen LogP contribution is 2.35. The van der Waals surface area contributed by atoms with Crippen molar-refractivity contribution in [2.24, 2.45) is 5.16 Å². The van der Waals surface area contributed by atoms with Gasteiger partial charge in [0, 0.05) is 5.75 Å². The lowest BCUT2D eigenvalue weighted by Crippen LogP contribution is -2.03. The molecule has 1 N–H and O–H groups in total. The van der Waals surface area contributed by atoms with Gasteiger partial charge in [0.05, 0.1) is 21.9 Å². The molecule has 0 aliphatic rings. The van der Waals surface area contributed by atoms with Gasteiger partial charge in [-0.15, -0.1) is 0 Å². The third kappa shape index (κ3) is 3.31. The van der Waals surface area contributed by atoms with Crippen molar-refractivity contribution < 1.29 is 18.9 Å². The first kappa shape index (κ1) is 16.5. The Morgan fingerprint density at radius 1 is 1.55 bits per heavy atom. The molecule has 0 saturated carbocycles. The van der Waals surface area contributed by atoms with Crippen LogP contribution in [0.2, 0.25) is 5.02 Å². The van der Waals surface area contributed by atoms with E-state index in [1.165, 1.54) is 18.2 Å². The monoisotopic (exact) mass is 342 g/mol. The van der Waals surface area contributed by atoms with Gasteiger partial charge in [0.15, 0.2) is 0 Å². The van der Waals surface area contributed by atoms with Crippen LogP contribution in [0.3, 0.4) is 0 Å². The third-order valence-electron chi connectivity index (χ3n) is 2.85. The third-order valence-corrected chi connectivity index (χ3v) is 4.19. The van der Waals surface area contributed by atoms with Crippen LogP contribution in [0.25, 0.3) is 11.3 Å². The zero-order valence-electron chi connectivity index (χ0n) is 11.8. The summed E-state index contributed by atoms with van der Waals surface area (Å²) in [6.07, 6.45) is 0. The second-order valence-electron chi connectivity index (χ2n) is 4.47. The molecule has 0 radical (unpaired) electrons. The maximum Gasteiger partial charge on any atom is 0.225 e. The van der Waals surface area contributed by atoms with Crippen molar-refractivity contribution in [3.63, 3.8) is 0 Å². The molecule has 2 aromatic rings. The van der Waals surface area contributed by atoms with Gasteiger partial charge in [-0.05, 0) is 26.0 Å². The van der Waals surface area contributed by atoms with E-state index in [1.807, 2.05) is 0 Å². The Morgan fingerprint density at radius 2 is 2.27 bits per heavy atom. The van der Waals surface area contributed by atoms with Gasteiger partial charge >= 0.3 is 0 Å². The number of carbonyl (C=O) groups is 1. The maximum absolute atomic E-state index is 14.0. The van der Waals surface area contributed by atoms with Crippen molar-refractivity contribution in [1.29, 1.82) is 0 Å². The topological polar surface area (TPSA) is 75.7 Å². The van der Waals surface area contributed by atoms with Gasteiger partial charge in [0.25, 0.3) is 0 Å². The molecular weight excluding hydrogens is 331 g/mol. The van der Waals surface area contributed by atoms with E-state index in [2.05, 4.69) is 10.3 Å². The number of halogens is 2. The number of aromatic nitrogens is 1. The summed E-state index contributed by atoms with van der Waals surface area (Å²) >= 11 is 6.91. The Morgan fingerprint density at radius 3 is 2.91 bits per heavy atom. The Labute approximate surface area is 135 Å². The Balaban J connectivity index is 2.42. The van der Waals surface area contributed by atoms with Crippen molar-refractivity contribution in [2.75, 3.05) is 5.75 Å². The molecule has 0 fully saturated rings. The van der Waals surface area contributed by atoms with Crippen molar-refractivity contribution in [3.8, 4) is 11.3 Å². The Kier molecular flexibility index (Phi) is 5.20. The number of hydrogen-bond donors (Lipinski definition) is 1. The number of benzene rings is 1. The van der Waals surface area contributed by atoms with E-state index in [-0.39, 0.29) is 38.5 Å². The van der Waals surface area contributed by atoms with Gasteiger partial charge in [0.1, 0.15) is 17.3 Å². The molecule has 0 aliphatic carbocycles. The molecule has 0 bridgehead atoms. The van der Waals surface area contributed by atoms with Crippen molar-refractivity contribution in [3.05, 3.63) is 40.4 Å². The second-order valence-corrected chi connectivity index (χ2v) is 5.83. The van der Waals surface area contributed by atoms with Crippen molar-refractivity contribution in [2.45, 2.75) is 13.8 Å². The van der Waals surface area contributed by atoms with Gasteiger partial charge in [0.2, 0.25) is 5.12 Å². The quantitative estimate of drug-likeness (QED) is 0.513. The number of rotatable bonds is 4. The van der Waals surface area contributed by atoms with Crippen LogP contribution in [0.1, 0.15) is 23.0 Å². The highest BCUT2D eigenvalue weighted by Gasteiger charge is 2.25. The smallest absolute Gasteiger partial charge is 0.225 e. The summed E-state index contributed by atoms with van der Waals surface area (Å²) < 4.78 is 19.0. The SMILES string of the molecule is C/C(CSC(=O)c1c(-c2c(F)cccc2Cl)noc1C)=N/O. The minimum atomic E-state index is -0.590. The fraction of sp³-hybridized carbons (Fsp3) is 0.214. The predicted molar refractivity (Wildman–Crippen MR) is 83.3 cm³/mol. The molecule has 0 aliphatic heterocycles. The van der Waals surface area contributed by atoms with Gasteiger partial charge in [-0.2, -0.15) is 0 Å². The van der Waals surface area contributed by atoms with Gasteiger partial charge in [-0.3, -0.25) is 4.79 Å². The molecule has 0 amide bonds. The molecule has 116 valence electrons. The zero-order valence-corrected chi connectivity index (χ0v) is 13.3. The largest absolute Gasteiger partial charge is 0.411 e. The van der Waals surface area contributed by atoms with E-state index in [0.717, 1.165) is 11.8 Å². The van der Waals surface area contributed by atoms with E-state index in [4.69, 9.17) is 21.3 Å². The Hall–Kier alpha value is -1.86. The molecular formula is C14H12ClFN2O3S. The fourth-order valence-corrected chi connectivity index (χ4v) is 2.81. The molecule has 8 heteroatoms. The predicted octanol–water partition coefficient (Wildman–Crippen LogP) is 4.17. The van der Waals surface area contributed by atoms with Gasteiger partial charge < -0.3 is 9.73 Å². The molecule has 0 unspecified atom stereocenters. The summed E-state index contributed by atoms with van der Waals surface area (Å²) in [6.45, 7) is 3.14. The van der Waals surface area contributed by atoms with Gasteiger partial charge in [-0.1, -0.05) is 39.7 Å². The molecule has 0 spiro atoms. The van der Waals surface area contributed by atoms with Crippen LogP contribution >= 0.6 is 23.4 Å². The molecule has 0 saturated heterocycles. The maximum atomic E-state index is 14.0. The number of carbonyl (C=O) groups excluding carboxylic acids is 1. The van der Waals surface area contributed by atoms with E-state index < -0.39 is 5.82 Å². The lowest BCUT2D eigenvalue weighted by Gasteiger charge is -2.05. The van der Waals surface area contributed by atoms with Crippen molar-refractivity contribution in [1.82, 2.24) is 5.16 Å². The van der Waals surface area contributed by atoms with Crippen LogP contribution in [-0.2, 0) is 0 Å². The highest BCUT2D eigenvalue weighted by molar-refractivity contribution is 8.14. The molecule has 0 atom stereocenters. The number of aryl methyl sites for hydroxylation is 1. The van der Waals surface area contributed by atoms with Crippen LogP contribution in [0, 0.1) is 12.7 Å². The van der Waals surface area contributed by atoms with Crippen LogP contribution in [0.4, 0.5) is 4.39 Å². The summed E-state index contributed by atoms with van der Waals surface area (Å²) in [5.74, 6) is -0.122. The number of thioether (sulfide) groups is 1. The molecule has 1 heterocycles. The standard InChI is InChI=1S/C14H12ClFN2O3S/c1-7(17-20)6-22-14(19)11-8(2)21-18-13(11)12-9(15)4-3-5-10(12)16/h3-5,20H,6H2,1-2H3/b17-7-. The lowest BCUT2D eigenvalue weighted by molar-refractivity contribution is 0.108. The molecule has 1 aromatic carbocycles. The Bertz CT molecular complexity index is 725. The van der Waals surface area contributed by atoms with Gasteiger partial charge in [-0.25, -0.2) is 4.39 Å². The first-order valence-electron chi connectivity index (χ1n) is 6.21. The van der Waals surface area contributed by atoms with Crippen LogP contribution < -0.4 is 0 Å². The summed E-state index contributed by atoms with van der Waals surface area (Å²) in [5, 5.41) is 15.1. The van der Waals surface area contributed by atoms with Crippen molar-refractivity contribution >= 4 is 34.2 Å². The minimum Gasteiger partial charge on any atom is -0.411 e. The molecule has 5 nitrogen and oxygen atoms in total. The van der Waals surface area contributed by atoms with E-state index >= 15 is 0 Å². The molecule has 22 heavy (non-hydrogen) atoms. The second kappa shape index (κ2) is 6.93. The first-order valence-corrected chi connectivity index (χ1v) is 7.57. The summed E-state index contributed by atoms with van der Waals surface area (Å²) in [5.41, 5.74) is 0.634. The summed E-state index contributed by atoms with van der Waals surface area (Å²) in [4.78, 5) is 12.3. The van der Waals surface area contributed by atoms with Crippen LogP contribution in [0.5, 0.6) is 0 Å². The average Bonchev–Trinajstić information content (AvgIpc) is 2.86. The number of oxime groups is 1. The van der Waals surface area contributed by atoms with E-state index in [1.54, 1.807) is 13.8 Å². The normalized spacial score (nSPS) is 11.7. The molecule has 2 rings (SSSR count). The first-order chi connectivity index (χ1) is 10.5. The average molecular weight is 343 g/mol. The van der Waals surface area contributed by atoms with E-state index in [9.17, 15) is 9.18 Å². The summed E-state index contributed by atoms with van der Waals surface area (Å²) in [6, 6.07) is 4.20. The summed E-state index contributed by atoms with van der Waals surface area (Å²) in [7, 11) is 0. The molecule has 1 aromatic heterocycles. The van der Waals surface area contributed by atoms with Crippen LogP contribution in [-0.4, -0.2) is 26.9 Å². The zero-order chi connectivity index (χ0) is 16.3. The van der Waals surface area contributed by atoms with E-state index in [0.29, 0.717) is 5.71 Å². The number of hydrogen-bond acceptors (Lipinski definition) is 6. The minimum absolute atomic E-state index is 0.0255. The number of nitrogens with zero attached hydrogens (tertiary/aromatic N) is 2. The highest BCUT2D eigenvalue weighted by atomic mass is 35.5. The lowest BCUT2D eigenvalue weighted by atomic mass is 10.1. The van der Waals surface area contributed by atoms with Crippen LogP contribution in [0.15, 0.2) is 27.9 Å².